The first-order valence-corrected chi connectivity index (χ1v) is 6.34. The van der Waals surface area contributed by atoms with Crippen LogP contribution in [-0.4, -0.2) is 17.1 Å². The van der Waals surface area contributed by atoms with Gasteiger partial charge in [-0.1, -0.05) is 26.0 Å². The van der Waals surface area contributed by atoms with Crippen LogP contribution in [0.25, 0.3) is 0 Å². The van der Waals surface area contributed by atoms with E-state index in [1.54, 1.807) is 7.11 Å². The summed E-state index contributed by atoms with van der Waals surface area (Å²) in [5, 5.41) is 0. The molecule has 0 atom stereocenters. The third kappa shape index (κ3) is 3.44. The molecular formula is C15H19N3O. The van der Waals surface area contributed by atoms with Gasteiger partial charge in [-0.2, -0.15) is 0 Å². The predicted octanol–water partition coefficient (Wildman–Crippen LogP) is 2.78. The highest BCUT2D eigenvalue weighted by Crippen LogP contribution is 2.17. The lowest BCUT2D eigenvalue weighted by Gasteiger charge is -2.08. The van der Waals surface area contributed by atoms with Crippen LogP contribution in [0.5, 0.6) is 5.75 Å². The number of aromatic nitrogens is 2. The highest BCUT2D eigenvalue weighted by Gasteiger charge is 2.07. The highest BCUT2D eigenvalue weighted by molar-refractivity contribution is 5.33. The third-order valence-corrected chi connectivity index (χ3v) is 2.92. The number of nitrogens with two attached hydrogens (primary N) is 1. The molecule has 0 fully saturated rings. The molecule has 0 amide bonds. The van der Waals surface area contributed by atoms with Crippen molar-refractivity contribution >= 4 is 5.82 Å². The van der Waals surface area contributed by atoms with Crippen molar-refractivity contribution in [2.75, 3.05) is 12.8 Å². The van der Waals surface area contributed by atoms with Gasteiger partial charge in [-0.25, -0.2) is 9.97 Å². The van der Waals surface area contributed by atoms with Crippen LogP contribution in [0.15, 0.2) is 30.3 Å². The fourth-order valence-corrected chi connectivity index (χ4v) is 1.84. The molecule has 1 aromatic carbocycles. The van der Waals surface area contributed by atoms with Crippen LogP contribution >= 0.6 is 0 Å². The highest BCUT2D eigenvalue weighted by atomic mass is 16.5. The summed E-state index contributed by atoms with van der Waals surface area (Å²) in [4.78, 5) is 8.84. The smallest absolute Gasteiger partial charge is 0.135 e. The Hall–Kier alpha value is -2.10. The minimum atomic E-state index is 0.347. The quantitative estimate of drug-likeness (QED) is 0.915. The van der Waals surface area contributed by atoms with Crippen LogP contribution in [0, 0.1) is 0 Å². The van der Waals surface area contributed by atoms with E-state index in [0.717, 1.165) is 22.8 Å². The molecule has 2 N–H and O–H groups in total. The molecule has 0 aliphatic heterocycles. The molecule has 0 saturated heterocycles. The summed E-state index contributed by atoms with van der Waals surface area (Å²) in [6, 6.07) is 9.74. The maximum absolute atomic E-state index is 5.83. The zero-order valence-electron chi connectivity index (χ0n) is 11.6. The van der Waals surface area contributed by atoms with Crippen LogP contribution in [0.4, 0.5) is 5.82 Å². The zero-order chi connectivity index (χ0) is 13.8. The normalized spacial score (nSPS) is 10.7. The minimum absolute atomic E-state index is 0.347. The van der Waals surface area contributed by atoms with Crippen molar-refractivity contribution in [3.63, 3.8) is 0 Å². The summed E-state index contributed by atoms with van der Waals surface area (Å²) in [5.74, 6) is 2.48. The summed E-state index contributed by atoms with van der Waals surface area (Å²) in [6.07, 6.45) is 0.675. The van der Waals surface area contributed by atoms with Crippen LogP contribution in [0.2, 0.25) is 0 Å². The van der Waals surface area contributed by atoms with Gasteiger partial charge in [0.1, 0.15) is 17.4 Å². The Bertz CT molecular complexity index is 550. The molecule has 4 nitrogen and oxygen atoms in total. The molecule has 0 bridgehead atoms. The average Bonchev–Trinajstić information content (AvgIpc) is 2.39. The van der Waals surface area contributed by atoms with E-state index in [1.165, 1.54) is 0 Å². The Morgan fingerprint density at radius 3 is 2.42 bits per heavy atom. The van der Waals surface area contributed by atoms with Crippen molar-refractivity contribution in [1.82, 2.24) is 9.97 Å². The van der Waals surface area contributed by atoms with Gasteiger partial charge in [0, 0.05) is 18.2 Å². The molecule has 0 spiro atoms. The molecule has 100 valence electrons. The molecule has 4 heteroatoms. The Morgan fingerprint density at radius 2 is 1.84 bits per heavy atom. The maximum Gasteiger partial charge on any atom is 0.135 e. The van der Waals surface area contributed by atoms with Crippen LogP contribution in [0.1, 0.15) is 36.8 Å². The largest absolute Gasteiger partial charge is 0.497 e. The monoisotopic (exact) mass is 257 g/mol. The van der Waals surface area contributed by atoms with Gasteiger partial charge in [-0.05, 0) is 23.6 Å². The van der Waals surface area contributed by atoms with E-state index in [1.807, 2.05) is 30.3 Å². The number of methoxy groups -OCH3 is 1. The van der Waals surface area contributed by atoms with E-state index in [2.05, 4.69) is 23.8 Å². The van der Waals surface area contributed by atoms with Crippen LogP contribution in [0.3, 0.4) is 0 Å². The molecule has 0 aliphatic carbocycles. The van der Waals surface area contributed by atoms with Crippen molar-refractivity contribution in [3.8, 4) is 5.75 Å². The van der Waals surface area contributed by atoms with E-state index in [0.29, 0.717) is 18.2 Å². The lowest BCUT2D eigenvalue weighted by molar-refractivity contribution is 0.414. The van der Waals surface area contributed by atoms with Crippen molar-refractivity contribution in [2.24, 2.45) is 0 Å². The second-order valence-corrected chi connectivity index (χ2v) is 4.81. The summed E-state index contributed by atoms with van der Waals surface area (Å²) in [5.41, 5.74) is 7.95. The van der Waals surface area contributed by atoms with Crippen molar-refractivity contribution < 1.29 is 4.74 Å². The molecule has 1 heterocycles. The van der Waals surface area contributed by atoms with Gasteiger partial charge in [-0.15, -0.1) is 0 Å². The Kier molecular flexibility index (Phi) is 4.00. The number of benzene rings is 1. The first-order valence-electron chi connectivity index (χ1n) is 6.34. The van der Waals surface area contributed by atoms with Crippen molar-refractivity contribution in [1.29, 1.82) is 0 Å². The molecule has 2 aromatic rings. The van der Waals surface area contributed by atoms with E-state index in [9.17, 15) is 0 Å². The van der Waals surface area contributed by atoms with E-state index in [4.69, 9.17) is 10.5 Å². The van der Waals surface area contributed by atoms with Crippen LogP contribution in [-0.2, 0) is 6.42 Å². The Morgan fingerprint density at radius 1 is 1.16 bits per heavy atom. The number of nitrogen functional groups attached to an aromatic ring is 1. The lowest BCUT2D eigenvalue weighted by atomic mass is 10.1. The molecule has 0 aliphatic rings. The molecule has 0 saturated carbocycles. The summed E-state index contributed by atoms with van der Waals surface area (Å²) < 4.78 is 5.14. The minimum Gasteiger partial charge on any atom is -0.497 e. The van der Waals surface area contributed by atoms with Gasteiger partial charge >= 0.3 is 0 Å². The second kappa shape index (κ2) is 5.69. The number of ether oxygens (including phenoxy) is 1. The summed E-state index contributed by atoms with van der Waals surface area (Å²) in [6.45, 7) is 4.19. The third-order valence-electron chi connectivity index (χ3n) is 2.92. The molecule has 2 rings (SSSR count). The zero-order valence-corrected chi connectivity index (χ0v) is 11.6. The number of hydrogen-bond acceptors (Lipinski definition) is 4. The summed E-state index contributed by atoms with van der Waals surface area (Å²) >= 11 is 0. The van der Waals surface area contributed by atoms with Gasteiger partial charge < -0.3 is 10.5 Å². The van der Waals surface area contributed by atoms with Gasteiger partial charge in [0.25, 0.3) is 0 Å². The van der Waals surface area contributed by atoms with E-state index >= 15 is 0 Å². The van der Waals surface area contributed by atoms with E-state index in [-0.39, 0.29) is 0 Å². The Balaban J connectivity index is 2.22. The van der Waals surface area contributed by atoms with Gasteiger partial charge in [-0.3, -0.25) is 0 Å². The molecular weight excluding hydrogens is 238 g/mol. The second-order valence-electron chi connectivity index (χ2n) is 4.81. The standard InChI is InChI=1S/C15H19N3O/c1-10(2)13-9-14(16)18-15(17-13)8-11-4-6-12(19-3)7-5-11/h4-7,9-10H,8H2,1-3H3,(H2,16,17,18). The topological polar surface area (TPSA) is 61.0 Å². The van der Waals surface area contributed by atoms with Crippen molar-refractivity contribution in [3.05, 3.63) is 47.4 Å². The first kappa shape index (κ1) is 13.3. The molecule has 1 aromatic heterocycles. The fraction of sp³-hybridized carbons (Fsp3) is 0.333. The van der Waals surface area contributed by atoms with Gasteiger partial charge in [0.2, 0.25) is 0 Å². The number of anilines is 1. The van der Waals surface area contributed by atoms with Crippen LogP contribution < -0.4 is 10.5 Å². The van der Waals surface area contributed by atoms with Gasteiger partial charge in [0.05, 0.1) is 7.11 Å². The molecule has 0 radical (unpaired) electrons. The summed E-state index contributed by atoms with van der Waals surface area (Å²) in [7, 11) is 1.66. The number of nitrogens with zero attached hydrogens (tertiary/aromatic N) is 2. The average molecular weight is 257 g/mol. The Labute approximate surface area is 113 Å². The number of hydrogen-bond donors (Lipinski definition) is 1. The number of rotatable bonds is 4. The molecule has 19 heavy (non-hydrogen) atoms. The first-order chi connectivity index (χ1) is 9.08. The predicted molar refractivity (Wildman–Crippen MR) is 76.3 cm³/mol. The fourth-order valence-electron chi connectivity index (χ4n) is 1.84. The van der Waals surface area contributed by atoms with Crippen molar-refractivity contribution in [2.45, 2.75) is 26.2 Å². The van der Waals surface area contributed by atoms with Gasteiger partial charge in [0.15, 0.2) is 0 Å². The SMILES string of the molecule is COc1ccc(Cc2nc(N)cc(C(C)C)n2)cc1. The lowest BCUT2D eigenvalue weighted by Crippen LogP contribution is -2.05. The van der Waals surface area contributed by atoms with E-state index < -0.39 is 0 Å². The maximum atomic E-state index is 5.83. The molecule has 0 unspecified atom stereocenters.